The number of hydrogen-bond donors (Lipinski definition) is 2. The molecule has 1 aromatic heterocycles. The van der Waals surface area contributed by atoms with Gasteiger partial charge >= 0.3 is 5.97 Å². The number of hydrogen-bond acceptors (Lipinski definition) is 4. The van der Waals surface area contributed by atoms with E-state index in [1.165, 1.54) is 0 Å². The Hall–Kier alpha value is -2.70. The minimum Gasteiger partial charge on any atom is -0.480 e. The molecule has 1 aromatic carbocycles. The van der Waals surface area contributed by atoms with Gasteiger partial charge in [0.1, 0.15) is 6.04 Å². The number of rotatable bonds is 6. The summed E-state index contributed by atoms with van der Waals surface area (Å²) in [6, 6.07) is 6.81. The van der Waals surface area contributed by atoms with Gasteiger partial charge < -0.3 is 10.4 Å². The molecule has 1 aliphatic carbocycles. The monoisotopic (exact) mass is 328 g/mol. The van der Waals surface area contributed by atoms with E-state index in [0.29, 0.717) is 18.0 Å². The van der Waals surface area contributed by atoms with Crippen molar-refractivity contribution >= 4 is 11.9 Å². The van der Waals surface area contributed by atoms with Crippen LogP contribution in [0.4, 0.5) is 0 Å². The van der Waals surface area contributed by atoms with Gasteiger partial charge in [-0.2, -0.15) is 0 Å². The number of aliphatic carboxylic acids is 1. The molecule has 24 heavy (non-hydrogen) atoms. The van der Waals surface area contributed by atoms with Gasteiger partial charge in [0, 0.05) is 0 Å². The quantitative estimate of drug-likeness (QED) is 0.843. The normalized spacial score (nSPS) is 15.1. The van der Waals surface area contributed by atoms with E-state index in [2.05, 4.69) is 15.6 Å². The molecule has 1 amide bonds. The van der Waals surface area contributed by atoms with Crippen LogP contribution in [-0.4, -0.2) is 38.0 Å². The number of carbonyl (C=O) groups is 2. The minimum atomic E-state index is -1.01. The minimum absolute atomic E-state index is 0.151. The lowest BCUT2D eigenvalue weighted by atomic mass is 10.1. The number of carboxylic acid groups (broad SMARTS) is 1. The Morgan fingerprint density at radius 3 is 2.75 bits per heavy atom. The lowest BCUT2D eigenvalue weighted by molar-refractivity contribution is -0.139. The zero-order valence-corrected chi connectivity index (χ0v) is 13.7. The smallest absolute Gasteiger partial charge is 0.326 e. The highest BCUT2D eigenvalue weighted by Crippen LogP contribution is 2.33. The third-order valence-electron chi connectivity index (χ3n) is 4.23. The van der Waals surface area contributed by atoms with Crippen molar-refractivity contribution < 1.29 is 14.7 Å². The first-order chi connectivity index (χ1) is 11.5. The zero-order valence-electron chi connectivity index (χ0n) is 13.7. The van der Waals surface area contributed by atoms with Crippen molar-refractivity contribution in [1.29, 1.82) is 0 Å². The van der Waals surface area contributed by atoms with Crippen molar-refractivity contribution in [2.24, 2.45) is 5.92 Å². The topological polar surface area (TPSA) is 97.1 Å². The second-order valence-corrected chi connectivity index (χ2v) is 6.32. The van der Waals surface area contributed by atoms with Crippen LogP contribution in [0.5, 0.6) is 0 Å². The standard InChI is InChI=1S/C17H20N4O3/c1-10-4-3-5-13(8-10)21-11(2)15(19-20-21)16(22)18-14(17(23)24)9-12-6-7-12/h3-5,8,12,14H,6-7,9H2,1-2H3,(H,18,22)(H,23,24). The second kappa shape index (κ2) is 6.43. The molecule has 3 rings (SSSR count). The Balaban J connectivity index is 1.79. The van der Waals surface area contributed by atoms with Crippen LogP contribution >= 0.6 is 0 Å². The Kier molecular flexibility index (Phi) is 4.33. The van der Waals surface area contributed by atoms with Crippen molar-refractivity contribution in [1.82, 2.24) is 20.3 Å². The summed E-state index contributed by atoms with van der Waals surface area (Å²) in [6.07, 6.45) is 2.52. The van der Waals surface area contributed by atoms with Crippen LogP contribution < -0.4 is 5.32 Å². The number of benzene rings is 1. The van der Waals surface area contributed by atoms with E-state index in [9.17, 15) is 14.7 Å². The first-order valence-corrected chi connectivity index (χ1v) is 7.98. The van der Waals surface area contributed by atoms with Gasteiger partial charge in [0.05, 0.1) is 11.4 Å². The van der Waals surface area contributed by atoms with Gasteiger partial charge in [0.25, 0.3) is 5.91 Å². The highest BCUT2D eigenvalue weighted by atomic mass is 16.4. The van der Waals surface area contributed by atoms with E-state index < -0.39 is 17.9 Å². The lowest BCUT2D eigenvalue weighted by Gasteiger charge is -2.13. The van der Waals surface area contributed by atoms with Gasteiger partial charge in [0.2, 0.25) is 0 Å². The summed E-state index contributed by atoms with van der Waals surface area (Å²) in [5.41, 5.74) is 2.61. The molecule has 0 spiro atoms. The van der Waals surface area contributed by atoms with E-state index in [1.54, 1.807) is 11.6 Å². The molecule has 0 saturated heterocycles. The van der Waals surface area contributed by atoms with Crippen LogP contribution in [0.15, 0.2) is 24.3 Å². The molecule has 1 aliphatic rings. The molecule has 1 unspecified atom stereocenters. The van der Waals surface area contributed by atoms with E-state index in [0.717, 1.165) is 24.1 Å². The molecule has 2 aromatic rings. The summed E-state index contributed by atoms with van der Waals surface area (Å²) in [4.78, 5) is 23.7. The summed E-state index contributed by atoms with van der Waals surface area (Å²) in [6.45, 7) is 3.71. The van der Waals surface area contributed by atoms with Gasteiger partial charge in [0.15, 0.2) is 5.69 Å². The Morgan fingerprint density at radius 1 is 1.38 bits per heavy atom. The maximum absolute atomic E-state index is 12.4. The molecule has 126 valence electrons. The van der Waals surface area contributed by atoms with Crippen molar-refractivity contribution in [3.05, 3.63) is 41.2 Å². The van der Waals surface area contributed by atoms with E-state index in [1.807, 2.05) is 31.2 Å². The van der Waals surface area contributed by atoms with Crippen LogP contribution in [0.2, 0.25) is 0 Å². The third-order valence-corrected chi connectivity index (χ3v) is 4.23. The van der Waals surface area contributed by atoms with Gasteiger partial charge in [-0.1, -0.05) is 30.2 Å². The molecular weight excluding hydrogens is 308 g/mol. The third kappa shape index (κ3) is 3.45. The Labute approximate surface area is 139 Å². The summed E-state index contributed by atoms with van der Waals surface area (Å²) in [5.74, 6) is -1.12. The SMILES string of the molecule is Cc1cccc(-n2nnc(C(=O)NC(CC3CC3)C(=O)O)c2C)c1. The fraction of sp³-hybridized carbons (Fsp3) is 0.412. The van der Waals surface area contributed by atoms with Crippen LogP contribution in [0.25, 0.3) is 5.69 Å². The Morgan fingerprint density at radius 2 is 2.12 bits per heavy atom. The number of nitrogens with one attached hydrogen (secondary N) is 1. The molecule has 2 N–H and O–H groups in total. The molecule has 1 fully saturated rings. The molecule has 0 radical (unpaired) electrons. The van der Waals surface area contributed by atoms with Crippen LogP contribution in [0, 0.1) is 19.8 Å². The summed E-state index contributed by atoms with van der Waals surface area (Å²) >= 11 is 0. The summed E-state index contributed by atoms with van der Waals surface area (Å²) in [7, 11) is 0. The fourth-order valence-electron chi connectivity index (χ4n) is 2.68. The largest absolute Gasteiger partial charge is 0.480 e. The van der Waals surface area contributed by atoms with Crippen LogP contribution in [-0.2, 0) is 4.79 Å². The molecule has 0 bridgehead atoms. The number of nitrogens with zero attached hydrogens (tertiary/aromatic N) is 3. The number of aromatic nitrogens is 3. The molecule has 1 saturated carbocycles. The van der Waals surface area contributed by atoms with Crippen molar-refractivity contribution in [2.45, 2.75) is 39.2 Å². The molecule has 1 atom stereocenters. The zero-order chi connectivity index (χ0) is 17.3. The van der Waals surface area contributed by atoms with Crippen molar-refractivity contribution in [3.8, 4) is 5.69 Å². The molecule has 0 aliphatic heterocycles. The predicted octanol–water partition coefficient (Wildman–Crippen LogP) is 1.87. The van der Waals surface area contributed by atoms with Crippen molar-refractivity contribution in [2.75, 3.05) is 0 Å². The van der Waals surface area contributed by atoms with Gasteiger partial charge in [-0.3, -0.25) is 4.79 Å². The number of carbonyl (C=O) groups excluding carboxylic acids is 1. The maximum atomic E-state index is 12.4. The second-order valence-electron chi connectivity index (χ2n) is 6.32. The van der Waals surface area contributed by atoms with E-state index in [-0.39, 0.29) is 5.69 Å². The average molecular weight is 328 g/mol. The van der Waals surface area contributed by atoms with Crippen LogP contribution in [0.1, 0.15) is 41.0 Å². The highest BCUT2D eigenvalue weighted by molar-refractivity contribution is 5.95. The predicted molar refractivity (Wildman–Crippen MR) is 87.1 cm³/mol. The molecule has 1 heterocycles. The Bertz CT molecular complexity index is 780. The molecule has 7 nitrogen and oxygen atoms in total. The van der Waals surface area contributed by atoms with Gasteiger partial charge in [-0.15, -0.1) is 5.10 Å². The summed E-state index contributed by atoms with van der Waals surface area (Å²) in [5, 5.41) is 19.8. The first-order valence-electron chi connectivity index (χ1n) is 7.98. The highest BCUT2D eigenvalue weighted by Gasteiger charge is 2.31. The van der Waals surface area contributed by atoms with Crippen molar-refractivity contribution in [3.63, 3.8) is 0 Å². The molecule has 7 heteroatoms. The fourth-order valence-corrected chi connectivity index (χ4v) is 2.68. The van der Waals surface area contributed by atoms with E-state index in [4.69, 9.17) is 0 Å². The first kappa shape index (κ1) is 16.2. The number of carboxylic acids is 1. The van der Waals surface area contributed by atoms with Gasteiger partial charge in [-0.05, 0) is 43.9 Å². The summed E-state index contributed by atoms with van der Waals surface area (Å²) < 4.78 is 1.58. The molecular formula is C17H20N4O3. The van der Waals surface area contributed by atoms with Gasteiger partial charge in [-0.25, -0.2) is 9.48 Å². The number of amides is 1. The number of aryl methyl sites for hydroxylation is 1. The lowest BCUT2D eigenvalue weighted by Crippen LogP contribution is -2.41. The maximum Gasteiger partial charge on any atom is 0.326 e. The van der Waals surface area contributed by atoms with E-state index >= 15 is 0 Å². The van der Waals surface area contributed by atoms with Crippen LogP contribution in [0.3, 0.4) is 0 Å². The average Bonchev–Trinajstić information content (AvgIpc) is 3.26.